The Labute approximate surface area is 165 Å². The van der Waals surface area contributed by atoms with Gasteiger partial charge in [0.05, 0.1) is 18.2 Å². The van der Waals surface area contributed by atoms with Crippen molar-refractivity contribution in [3.63, 3.8) is 0 Å². The van der Waals surface area contributed by atoms with Crippen LogP contribution in [0.2, 0.25) is 0 Å². The van der Waals surface area contributed by atoms with Gasteiger partial charge in [0, 0.05) is 18.3 Å². The molecule has 3 rings (SSSR count). The molecule has 10 heteroatoms. The van der Waals surface area contributed by atoms with Crippen LogP contribution in [0.1, 0.15) is 41.8 Å². The number of carbonyl (C=O) groups excluding carboxylic acids is 1. The predicted molar refractivity (Wildman–Crippen MR) is 99.2 cm³/mol. The van der Waals surface area contributed by atoms with Crippen LogP contribution in [-0.4, -0.2) is 25.2 Å². The summed E-state index contributed by atoms with van der Waals surface area (Å²) in [5, 5.41) is 2.59. The van der Waals surface area contributed by atoms with Crippen LogP contribution in [-0.2, 0) is 27.5 Å². The zero-order valence-electron chi connectivity index (χ0n) is 15.0. The number of nitrogens with one attached hydrogen (secondary N) is 1. The fraction of sp³-hybridized carbons (Fsp3) is 0.389. The topological polar surface area (TPSA) is 66.5 Å². The first kappa shape index (κ1) is 20.8. The number of nitrogens with zero attached hydrogens (tertiary/aromatic N) is 1. The molecule has 0 radical (unpaired) electrons. The van der Waals surface area contributed by atoms with E-state index in [0.717, 1.165) is 21.7 Å². The maximum Gasteiger partial charge on any atom is 0.416 e. The van der Waals surface area contributed by atoms with Crippen molar-refractivity contribution in [2.75, 3.05) is 6.54 Å². The van der Waals surface area contributed by atoms with Crippen molar-refractivity contribution >= 4 is 27.3 Å². The number of hydrogen-bond acceptors (Lipinski definition) is 4. The average molecular weight is 432 g/mol. The molecule has 1 aromatic heterocycles. The van der Waals surface area contributed by atoms with Gasteiger partial charge < -0.3 is 5.32 Å². The largest absolute Gasteiger partial charge is 0.416 e. The van der Waals surface area contributed by atoms with Crippen LogP contribution in [0.3, 0.4) is 0 Å². The van der Waals surface area contributed by atoms with E-state index in [1.54, 1.807) is 6.07 Å². The summed E-state index contributed by atoms with van der Waals surface area (Å²) in [5.74, 6) is -0.235. The van der Waals surface area contributed by atoms with Crippen molar-refractivity contribution in [3.8, 4) is 0 Å². The highest BCUT2D eigenvalue weighted by atomic mass is 32.2. The number of carbonyl (C=O) groups is 1. The lowest BCUT2D eigenvalue weighted by Crippen LogP contribution is -2.31. The summed E-state index contributed by atoms with van der Waals surface area (Å²) in [4.78, 5) is 11.7. The number of rotatable bonds is 5. The number of alkyl halides is 3. The molecule has 1 unspecified atom stereocenters. The standard InChI is InChI=1S/C18H19F3N2O3S2/c1-12(24)22-11-13-8-9-17(27-13)28(25,26)23-10-4-7-16(23)14-5-2-3-6-15(14)18(19,20)21/h2-3,5-6,8-9,16H,4,7,10-11H2,1H3,(H,22,24). The Bertz CT molecular complexity index is 970. The number of amides is 1. The van der Waals surface area contributed by atoms with Gasteiger partial charge in [-0.15, -0.1) is 11.3 Å². The maximum atomic E-state index is 13.4. The highest BCUT2D eigenvalue weighted by molar-refractivity contribution is 7.91. The number of halogens is 3. The molecule has 1 fully saturated rings. The fourth-order valence-corrected chi connectivity index (χ4v) is 6.40. The lowest BCUT2D eigenvalue weighted by atomic mass is 9.99. The van der Waals surface area contributed by atoms with E-state index < -0.39 is 27.8 Å². The van der Waals surface area contributed by atoms with Crippen LogP contribution >= 0.6 is 11.3 Å². The van der Waals surface area contributed by atoms with Crippen molar-refractivity contribution in [2.45, 2.75) is 42.7 Å². The van der Waals surface area contributed by atoms with Crippen LogP contribution in [0.25, 0.3) is 0 Å². The summed E-state index contributed by atoms with van der Waals surface area (Å²) in [6.45, 7) is 1.73. The van der Waals surface area contributed by atoms with Gasteiger partial charge in [-0.25, -0.2) is 8.42 Å². The van der Waals surface area contributed by atoms with Gasteiger partial charge in [0.25, 0.3) is 10.0 Å². The Morgan fingerprint density at radius 1 is 1.25 bits per heavy atom. The number of sulfonamides is 1. The summed E-state index contributed by atoms with van der Waals surface area (Å²) in [6.07, 6.45) is -3.74. The molecule has 2 heterocycles. The number of thiophene rings is 1. The molecule has 0 spiro atoms. The Kier molecular flexibility index (Phi) is 5.83. The SMILES string of the molecule is CC(=O)NCc1ccc(S(=O)(=O)N2CCCC2c2ccccc2C(F)(F)F)s1. The molecule has 1 amide bonds. The quantitative estimate of drug-likeness (QED) is 0.779. The summed E-state index contributed by atoms with van der Waals surface area (Å²) in [7, 11) is -3.94. The molecular formula is C18H19F3N2O3S2. The Balaban J connectivity index is 1.92. The third-order valence-electron chi connectivity index (χ3n) is 4.54. The Hall–Kier alpha value is -1.91. The average Bonchev–Trinajstić information content (AvgIpc) is 3.29. The Morgan fingerprint density at radius 3 is 2.64 bits per heavy atom. The van der Waals surface area contributed by atoms with Crippen LogP contribution in [0.5, 0.6) is 0 Å². The minimum absolute atomic E-state index is 0.0221. The van der Waals surface area contributed by atoms with E-state index in [0.29, 0.717) is 17.7 Å². The summed E-state index contributed by atoms with van der Waals surface area (Å²) in [5.41, 5.74) is -0.828. The van der Waals surface area contributed by atoms with Crippen molar-refractivity contribution in [1.29, 1.82) is 0 Å². The van der Waals surface area contributed by atoms with Gasteiger partial charge in [-0.3, -0.25) is 4.79 Å². The highest BCUT2D eigenvalue weighted by Gasteiger charge is 2.42. The smallest absolute Gasteiger partial charge is 0.351 e. The van der Waals surface area contributed by atoms with E-state index in [-0.39, 0.29) is 28.8 Å². The van der Waals surface area contributed by atoms with E-state index in [1.165, 1.54) is 31.2 Å². The molecule has 2 aromatic rings. The van der Waals surface area contributed by atoms with Gasteiger partial charge in [-0.2, -0.15) is 17.5 Å². The fourth-order valence-electron chi connectivity index (χ4n) is 3.30. The zero-order chi connectivity index (χ0) is 20.5. The van der Waals surface area contributed by atoms with Crippen LogP contribution in [0, 0.1) is 0 Å². The monoisotopic (exact) mass is 432 g/mol. The first-order chi connectivity index (χ1) is 13.1. The molecule has 1 N–H and O–H groups in total. The second-order valence-electron chi connectivity index (χ2n) is 6.49. The van der Waals surface area contributed by atoms with E-state index in [2.05, 4.69) is 5.32 Å². The third kappa shape index (κ3) is 4.23. The maximum absolute atomic E-state index is 13.4. The van der Waals surface area contributed by atoms with E-state index in [1.807, 2.05) is 0 Å². The molecule has 0 bridgehead atoms. The molecule has 152 valence electrons. The van der Waals surface area contributed by atoms with Crippen molar-refractivity contribution in [2.24, 2.45) is 0 Å². The van der Waals surface area contributed by atoms with Gasteiger partial charge >= 0.3 is 6.18 Å². The van der Waals surface area contributed by atoms with Gasteiger partial charge in [0.2, 0.25) is 5.91 Å². The first-order valence-corrected chi connectivity index (χ1v) is 10.9. The van der Waals surface area contributed by atoms with Crippen LogP contribution in [0.15, 0.2) is 40.6 Å². The highest BCUT2D eigenvalue weighted by Crippen LogP contribution is 2.43. The minimum Gasteiger partial charge on any atom is -0.351 e. The normalized spacial score (nSPS) is 18.4. The minimum atomic E-state index is -4.55. The molecule has 0 aliphatic carbocycles. The second kappa shape index (κ2) is 7.84. The van der Waals surface area contributed by atoms with Crippen molar-refractivity contribution < 1.29 is 26.4 Å². The van der Waals surface area contributed by atoms with Gasteiger partial charge in [-0.05, 0) is 36.6 Å². The van der Waals surface area contributed by atoms with Crippen LogP contribution < -0.4 is 5.32 Å². The van der Waals surface area contributed by atoms with E-state index >= 15 is 0 Å². The summed E-state index contributed by atoms with van der Waals surface area (Å²) in [6, 6.07) is 7.29. The second-order valence-corrected chi connectivity index (χ2v) is 9.77. The lowest BCUT2D eigenvalue weighted by Gasteiger charge is -2.26. The summed E-state index contributed by atoms with van der Waals surface area (Å²) < 4.78 is 67.6. The Morgan fingerprint density at radius 2 is 1.96 bits per heavy atom. The van der Waals surface area contributed by atoms with Crippen LogP contribution in [0.4, 0.5) is 13.2 Å². The molecule has 1 aromatic carbocycles. The van der Waals surface area contributed by atoms with Gasteiger partial charge in [-0.1, -0.05) is 18.2 Å². The van der Waals surface area contributed by atoms with E-state index in [9.17, 15) is 26.4 Å². The molecule has 0 saturated carbocycles. The molecule has 28 heavy (non-hydrogen) atoms. The molecule has 1 atom stereocenters. The predicted octanol–water partition coefficient (Wildman–Crippen LogP) is 3.93. The van der Waals surface area contributed by atoms with Gasteiger partial charge in [0.15, 0.2) is 0 Å². The zero-order valence-corrected chi connectivity index (χ0v) is 16.6. The van der Waals surface area contributed by atoms with E-state index in [4.69, 9.17) is 0 Å². The third-order valence-corrected chi connectivity index (χ3v) is 8.00. The first-order valence-electron chi connectivity index (χ1n) is 8.62. The molecule has 1 aliphatic heterocycles. The molecule has 5 nitrogen and oxygen atoms in total. The number of hydrogen-bond donors (Lipinski definition) is 1. The molecule has 1 aliphatic rings. The number of benzene rings is 1. The lowest BCUT2D eigenvalue weighted by molar-refractivity contribution is -0.138. The van der Waals surface area contributed by atoms with Crippen molar-refractivity contribution in [1.82, 2.24) is 9.62 Å². The molecule has 1 saturated heterocycles. The van der Waals surface area contributed by atoms with Gasteiger partial charge in [0.1, 0.15) is 4.21 Å². The summed E-state index contributed by atoms with van der Waals surface area (Å²) >= 11 is 1.01. The van der Waals surface area contributed by atoms with Crippen molar-refractivity contribution in [3.05, 3.63) is 52.4 Å². The molecular weight excluding hydrogens is 413 g/mol.